The molecule has 1 aromatic carbocycles. The summed E-state index contributed by atoms with van der Waals surface area (Å²) in [6, 6.07) is 5.11. The molecule has 0 saturated heterocycles. The molecule has 4 heteroatoms. The number of aliphatic hydroxyl groups is 1. The van der Waals surface area contributed by atoms with Gasteiger partial charge in [0, 0.05) is 0 Å². The lowest BCUT2D eigenvalue weighted by atomic mass is 10.1. The van der Waals surface area contributed by atoms with Crippen molar-refractivity contribution in [1.29, 1.82) is 0 Å². The minimum absolute atomic E-state index is 0.474. The number of benzene rings is 1. The average Bonchev–Trinajstić information content (AvgIpc) is 2.42. The maximum absolute atomic E-state index is 10.8. The molecule has 0 aliphatic heterocycles. The minimum atomic E-state index is -0.551. The Morgan fingerprint density at radius 1 is 1.54 bits per heavy atom. The summed E-state index contributed by atoms with van der Waals surface area (Å²) in [5, 5.41) is 9.26. The van der Waals surface area contributed by atoms with Crippen LogP contribution in [0.5, 0.6) is 0 Å². The number of aliphatic hydroxyl groups excluding tert-OH is 1. The van der Waals surface area contributed by atoms with Gasteiger partial charge in [0.15, 0.2) is 5.58 Å². The summed E-state index contributed by atoms with van der Waals surface area (Å²) >= 11 is 0. The zero-order valence-corrected chi connectivity index (χ0v) is 7.07. The van der Waals surface area contributed by atoms with Gasteiger partial charge in [0.1, 0.15) is 0 Å². The van der Waals surface area contributed by atoms with Crippen LogP contribution >= 0.6 is 0 Å². The molecule has 1 aromatic heterocycles. The van der Waals surface area contributed by atoms with Crippen molar-refractivity contribution >= 4 is 11.1 Å². The van der Waals surface area contributed by atoms with Crippen LogP contribution in [0.15, 0.2) is 27.4 Å². The topological polar surface area (TPSA) is 66.2 Å². The zero-order valence-electron chi connectivity index (χ0n) is 7.07. The first-order chi connectivity index (χ1) is 6.16. The fourth-order valence-corrected chi connectivity index (χ4v) is 1.22. The molecule has 0 amide bonds. The molecule has 13 heavy (non-hydrogen) atoms. The zero-order chi connectivity index (χ0) is 9.42. The number of oxazole rings is 1. The average molecular weight is 179 g/mol. The Balaban J connectivity index is 2.68. The predicted molar refractivity (Wildman–Crippen MR) is 47.5 cm³/mol. The molecule has 0 aliphatic rings. The number of fused-ring (bicyclic) bond motifs is 1. The Morgan fingerprint density at radius 3 is 3.00 bits per heavy atom. The van der Waals surface area contributed by atoms with Gasteiger partial charge in [-0.25, -0.2) is 4.79 Å². The minimum Gasteiger partial charge on any atom is -0.408 e. The van der Waals surface area contributed by atoms with Crippen LogP contribution in [0.25, 0.3) is 11.1 Å². The lowest BCUT2D eigenvalue weighted by Crippen LogP contribution is -1.92. The standard InChI is InChI=1S/C9H9NO3/c1-5(11)6-2-3-7-8(4-6)13-9(12)10-7/h2-5,11H,1H3,(H,10,12)/t5-/m1/s1. The van der Waals surface area contributed by atoms with E-state index in [0.717, 1.165) is 5.56 Å². The highest BCUT2D eigenvalue weighted by molar-refractivity contribution is 5.72. The van der Waals surface area contributed by atoms with Gasteiger partial charge in [-0.3, -0.25) is 4.98 Å². The van der Waals surface area contributed by atoms with E-state index in [1.54, 1.807) is 25.1 Å². The van der Waals surface area contributed by atoms with Gasteiger partial charge in [-0.05, 0) is 24.6 Å². The Morgan fingerprint density at radius 2 is 2.31 bits per heavy atom. The van der Waals surface area contributed by atoms with E-state index in [0.29, 0.717) is 11.1 Å². The Hall–Kier alpha value is -1.55. The number of aromatic amines is 1. The van der Waals surface area contributed by atoms with E-state index in [-0.39, 0.29) is 0 Å². The second kappa shape index (κ2) is 2.74. The largest absolute Gasteiger partial charge is 0.417 e. The number of aromatic nitrogens is 1. The van der Waals surface area contributed by atoms with Crippen molar-refractivity contribution in [3.63, 3.8) is 0 Å². The molecule has 0 saturated carbocycles. The van der Waals surface area contributed by atoms with E-state index in [4.69, 9.17) is 4.42 Å². The van der Waals surface area contributed by atoms with Crippen LogP contribution in [-0.2, 0) is 0 Å². The fraction of sp³-hybridized carbons (Fsp3) is 0.222. The molecule has 4 nitrogen and oxygen atoms in total. The third kappa shape index (κ3) is 1.36. The van der Waals surface area contributed by atoms with E-state index in [9.17, 15) is 9.90 Å². The molecule has 68 valence electrons. The van der Waals surface area contributed by atoms with E-state index < -0.39 is 11.9 Å². The fourth-order valence-electron chi connectivity index (χ4n) is 1.22. The normalized spacial score (nSPS) is 13.4. The lowest BCUT2D eigenvalue weighted by molar-refractivity contribution is 0.199. The van der Waals surface area contributed by atoms with Gasteiger partial charge >= 0.3 is 5.76 Å². The molecule has 1 atom stereocenters. The molecular formula is C9H9NO3. The number of H-pyrrole nitrogens is 1. The number of nitrogens with one attached hydrogen (secondary N) is 1. The highest BCUT2D eigenvalue weighted by Crippen LogP contribution is 2.17. The van der Waals surface area contributed by atoms with Crippen molar-refractivity contribution in [2.24, 2.45) is 0 Å². The molecule has 0 aliphatic carbocycles. The smallest absolute Gasteiger partial charge is 0.408 e. The summed E-state index contributed by atoms with van der Waals surface area (Å²) in [5.74, 6) is -0.474. The third-order valence-corrected chi connectivity index (χ3v) is 1.93. The van der Waals surface area contributed by atoms with Crippen LogP contribution in [0, 0.1) is 0 Å². The highest BCUT2D eigenvalue weighted by atomic mass is 16.4. The van der Waals surface area contributed by atoms with Crippen molar-refractivity contribution in [1.82, 2.24) is 4.98 Å². The monoisotopic (exact) mass is 179 g/mol. The van der Waals surface area contributed by atoms with Crippen molar-refractivity contribution in [3.05, 3.63) is 34.3 Å². The summed E-state index contributed by atoms with van der Waals surface area (Å²) in [7, 11) is 0. The van der Waals surface area contributed by atoms with Crippen LogP contribution in [0.2, 0.25) is 0 Å². The van der Waals surface area contributed by atoms with E-state index in [1.807, 2.05) is 0 Å². The van der Waals surface area contributed by atoms with Crippen LogP contribution in [0.4, 0.5) is 0 Å². The number of hydrogen-bond acceptors (Lipinski definition) is 3. The number of hydrogen-bond donors (Lipinski definition) is 2. The van der Waals surface area contributed by atoms with Gasteiger partial charge in [0.2, 0.25) is 0 Å². The molecule has 1 heterocycles. The third-order valence-electron chi connectivity index (χ3n) is 1.93. The van der Waals surface area contributed by atoms with Crippen molar-refractivity contribution in [3.8, 4) is 0 Å². The molecule has 2 rings (SSSR count). The lowest BCUT2D eigenvalue weighted by Gasteiger charge is -2.02. The van der Waals surface area contributed by atoms with Crippen LogP contribution in [0.1, 0.15) is 18.6 Å². The van der Waals surface area contributed by atoms with Crippen LogP contribution in [-0.4, -0.2) is 10.1 Å². The second-order valence-electron chi connectivity index (χ2n) is 2.95. The summed E-state index contributed by atoms with van der Waals surface area (Å²) in [5.41, 5.74) is 1.85. The van der Waals surface area contributed by atoms with Gasteiger partial charge in [-0.15, -0.1) is 0 Å². The molecule has 0 spiro atoms. The summed E-state index contributed by atoms with van der Waals surface area (Å²) in [6.45, 7) is 1.66. The molecule has 2 aromatic rings. The highest BCUT2D eigenvalue weighted by Gasteiger charge is 2.04. The first-order valence-electron chi connectivity index (χ1n) is 3.97. The molecule has 0 radical (unpaired) electrons. The van der Waals surface area contributed by atoms with Gasteiger partial charge in [-0.1, -0.05) is 6.07 Å². The Kier molecular flexibility index (Phi) is 1.70. The SMILES string of the molecule is C[C@@H](O)c1ccc2[nH]c(=O)oc2c1. The maximum atomic E-state index is 10.8. The van der Waals surface area contributed by atoms with Crippen molar-refractivity contribution in [2.75, 3.05) is 0 Å². The van der Waals surface area contributed by atoms with Crippen molar-refractivity contribution < 1.29 is 9.52 Å². The molecule has 0 fully saturated rings. The van der Waals surface area contributed by atoms with Gasteiger partial charge in [-0.2, -0.15) is 0 Å². The molecular weight excluding hydrogens is 170 g/mol. The van der Waals surface area contributed by atoms with Crippen LogP contribution in [0.3, 0.4) is 0 Å². The first-order valence-corrected chi connectivity index (χ1v) is 3.97. The van der Waals surface area contributed by atoms with Gasteiger partial charge in [0.25, 0.3) is 0 Å². The first kappa shape index (κ1) is 8.07. The van der Waals surface area contributed by atoms with E-state index >= 15 is 0 Å². The summed E-state index contributed by atoms with van der Waals surface area (Å²) in [4.78, 5) is 13.3. The van der Waals surface area contributed by atoms with E-state index in [2.05, 4.69) is 4.98 Å². The molecule has 0 bridgehead atoms. The molecule has 2 N–H and O–H groups in total. The maximum Gasteiger partial charge on any atom is 0.417 e. The second-order valence-corrected chi connectivity index (χ2v) is 2.95. The van der Waals surface area contributed by atoms with Crippen molar-refractivity contribution in [2.45, 2.75) is 13.0 Å². The summed E-state index contributed by atoms with van der Waals surface area (Å²) < 4.78 is 4.84. The Bertz CT molecular complexity index is 481. The molecule has 0 unspecified atom stereocenters. The number of rotatable bonds is 1. The van der Waals surface area contributed by atoms with Gasteiger partial charge in [0.05, 0.1) is 11.6 Å². The quantitative estimate of drug-likeness (QED) is 0.690. The van der Waals surface area contributed by atoms with Crippen LogP contribution < -0.4 is 5.76 Å². The predicted octanol–water partition coefficient (Wildman–Crippen LogP) is 1.17. The van der Waals surface area contributed by atoms with Gasteiger partial charge < -0.3 is 9.52 Å². The van der Waals surface area contributed by atoms with E-state index in [1.165, 1.54) is 0 Å². The summed E-state index contributed by atoms with van der Waals surface area (Å²) in [6.07, 6.45) is -0.551. The Labute approximate surface area is 73.8 Å².